The standard InChI is InChI=1S/C9H9IN2.ClH/c10-8-4-2-1-3-7(8)9(12)5-6-11;/h1-4,9H,5,12H2;1H/t9-;/m0./s1. The number of hydrogen-bond donors (Lipinski definition) is 1. The second-order valence-corrected chi connectivity index (χ2v) is 3.65. The molecule has 1 rings (SSSR count). The first-order valence-corrected chi connectivity index (χ1v) is 4.70. The molecule has 70 valence electrons. The normalized spacial score (nSPS) is 11.2. The largest absolute Gasteiger partial charge is 0.323 e. The first kappa shape index (κ1) is 12.7. The summed E-state index contributed by atoms with van der Waals surface area (Å²) in [6.07, 6.45) is 0.375. The molecule has 0 fully saturated rings. The average Bonchev–Trinajstić information content (AvgIpc) is 2.05. The Bertz CT molecular complexity index is 309. The van der Waals surface area contributed by atoms with E-state index in [-0.39, 0.29) is 18.4 Å². The fourth-order valence-electron chi connectivity index (χ4n) is 0.984. The molecule has 0 amide bonds. The van der Waals surface area contributed by atoms with Crippen molar-refractivity contribution in [1.82, 2.24) is 0 Å². The maximum Gasteiger partial charge on any atom is 0.0641 e. The van der Waals surface area contributed by atoms with Gasteiger partial charge >= 0.3 is 0 Å². The van der Waals surface area contributed by atoms with Crippen LogP contribution in [0.2, 0.25) is 0 Å². The molecule has 13 heavy (non-hydrogen) atoms. The summed E-state index contributed by atoms with van der Waals surface area (Å²) in [6.45, 7) is 0. The summed E-state index contributed by atoms with van der Waals surface area (Å²) in [5.41, 5.74) is 6.83. The Labute approximate surface area is 97.7 Å². The smallest absolute Gasteiger partial charge is 0.0641 e. The van der Waals surface area contributed by atoms with Crippen molar-refractivity contribution in [2.75, 3.05) is 0 Å². The van der Waals surface area contributed by atoms with Gasteiger partial charge < -0.3 is 5.73 Å². The van der Waals surface area contributed by atoms with Crippen LogP contribution in [-0.4, -0.2) is 0 Å². The molecule has 0 heterocycles. The van der Waals surface area contributed by atoms with Crippen molar-refractivity contribution >= 4 is 35.0 Å². The van der Waals surface area contributed by atoms with Crippen LogP contribution in [0.3, 0.4) is 0 Å². The highest BCUT2D eigenvalue weighted by Gasteiger charge is 2.07. The van der Waals surface area contributed by atoms with Crippen LogP contribution in [-0.2, 0) is 0 Å². The third kappa shape index (κ3) is 3.51. The Balaban J connectivity index is 0.00000144. The quantitative estimate of drug-likeness (QED) is 0.854. The van der Waals surface area contributed by atoms with Gasteiger partial charge in [-0.25, -0.2) is 0 Å². The first-order valence-electron chi connectivity index (χ1n) is 3.62. The summed E-state index contributed by atoms with van der Waals surface area (Å²) >= 11 is 2.23. The number of halogens is 2. The number of benzene rings is 1. The molecule has 0 spiro atoms. The van der Waals surface area contributed by atoms with Crippen molar-refractivity contribution in [2.45, 2.75) is 12.5 Å². The van der Waals surface area contributed by atoms with Gasteiger partial charge in [-0.15, -0.1) is 12.4 Å². The van der Waals surface area contributed by atoms with E-state index in [9.17, 15) is 0 Å². The topological polar surface area (TPSA) is 49.8 Å². The van der Waals surface area contributed by atoms with E-state index in [4.69, 9.17) is 11.0 Å². The molecule has 0 radical (unpaired) electrons. The minimum absolute atomic E-state index is 0. The molecule has 1 aromatic rings. The summed E-state index contributed by atoms with van der Waals surface area (Å²) in [5, 5.41) is 8.46. The van der Waals surface area contributed by atoms with Crippen LogP contribution in [0.5, 0.6) is 0 Å². The van der Waals surface area contributed by atoms with Crippen molar-refractivity contribution in [3.8, 4) is 6.07 Å². The van der Waals surface area contributed by atoms with Crippen LogP contribution in [0.25, 0.3) is 0 Å². The first-order chi connectivity index (χ1) is 5.75. The van der Waals surface area contributed by atoms with Crippen LogP contribution in [0.4, 0.5) is 0 Å². The van der Waals surface area contributed by atoms with Crippen molar-refractivity contribution < 1.29 is 0 Å². The van der Waals surface area contributed by atoms with Gasteiger partial charge in [0.2, 0.25) is 0 Å². The minimum atomic E-state index is -0.150. The molecule has 0 saturated heterocycles. The third-order valence-electron chi connectivity index (χ3n) is 1.62. The number of hydrogen-bond acceptors (Lipinski definition) is 2. The Morgan fingerprint density at radius 1 is 1.46 bits per heavy atom. The van der Waals surface area contributed by atoms with E-state index in [1.54, 1.807) is 0 Å². The minimum Gasteiger partial charge on any atom is -0.323 e. The predicted molar refractivity (Wildman–Crippen MR) is 63.6 cm³/mol. The highest BCUT2D eigenvalue weighted by Crippen LogP contribution is 2.19. The molecular formula is C9H10ClIN2. The lowest BCUT2D eigenvalue weighted by atomic mass is 10.1. The van der Waals surface area contributed by atoms with Crippen LogP contribution in [0, 0.1) is 14.9 Å². The molecule has 0 aliphatic carbocycles. The lowest BCUT2D eigenvalue weighted by Gasteiger charge is -2.09. The second kappa shape index (κ2) is 6.19. The second-order valence-electron chi connectivity index (χ2n) is 2.49. The Kier molecular flexibility index (Phi) is 6.04. The maximum atomic E-state index is 8.46. The van der Waals surface area contributed by atoms with Crippen LogP contribution < -0.4 is 5.73 Å². The lowest BCUT2D eigenvalue weighted by molar-refractivity contribution is 0.744. The van der Waals surface area contributed by atoms with Gasteiger partial charge in [-0.3, -0.25) is 0 Å². The van der Waals surface area contributed by atoms with E-state index in [0.717, 1.165) is 9.13 Å². The summed E-state index contributed by atoms with van der Waals surface area (Å²) < 4.78 is 1.12. The van der Waals surface area contributed by atoms with Crippen LogP contribution in [0.15, 0.2) is 24.3 Å². The number of rotatable bonds is 2. The van der Waals surface area contributed by atoms with E-state index in [1.165, 1.54) is 0 Å². The molecule has 4 heteroatoms. The average molecular weight is 309 g/mol. The predicted octanol–water partition coefficient (Wildman–Crippen LogP) is 2.63. The highest BCUT2D eigenvalue weighted by molar-refractivity contribution is 14.1. The maximum absolute atomic E-state index is 8.46. The fourth-order valence-corrected chi connectivity index (χ4v) is 1.77. The summed E-state index contributed by atoms with van der Waals surface area (Å²) in [7, 11) is 0. The van der Waals surface area contributed by atoms with Crippen molar-refractivity contribution in [3.63, 3.8) is 0 Å². The van der Waals surface area contributed by atoms with E-state index in [0.29, 0.717) is 6.42 Å². The lowest BCUT2D eigenvalue weighted by Crippen LogP contribution is -2.10. The molecule has 0 aliphatic rings. The molecule has 0 aliphatic heterocycles. The van der Waals surface area contributed by atoms with E-state index >= 15 is 0 Å². The van der Waals surface area contributed by atoms with Gasteiger partial charge in [0.1, 0.15) is 0 Å². The van der Waals surface area contributed by atoms with Crippen molar-refractivity contribution in [3.05, 3.63) is 33.4 Å². The van der Waals surface area contributed by atoms with E-state index < -0.39 is 0 Å². The van der Waals surface area contributed by atoms with Gasteiger partial charge in [-0.2, -0.15) is 5.26 Å². The number of nitriles is 1. The zero-order chi connectivity index (χ0) is 8.97. The van der Waals surface area contributed by atoms with Crippen molar-refractivity contribution in [2.24, 2.45) is 5.73 Å². The summed E-state index contributed by atoms with van der Waals surface area (Å²) in [5.74, 6) is 0. The zero-order valence-electron chi connectivity index (χ0n) is 6.90. The zero-order valence-corrected chi connectivity index (χ0v) is 9.88. The molecule has 0 aromatic heterocycles. The van der Waals surface area contributed by atoms with Gasteiger partial charge in [-0.05, 0) is 34.2 Å². The molecule has 1 aromatic carbocycles. The Morgan fingerprint density at radius 3 is 2.62 bits per heavy atom. The van der Waals surface area contributed by atoms with Crippen LogP contribution in [0.1, 0.15) is 18.0 Å². The Hall–Kier alpha value is -0.310. The number of nitrogens with two attached hydrogens (primary N) is 1. The monoisotopic (exact) mass is 308 g/mol. The number of nitrogens with zero attached hydrogens (tertiary/aromatic N) is 1. The molecular weight excluding hydrogens is 298 g/mol. The molecule has 0 saturated carbocycles. The Morgan fingerprint density at radius 2 is 2.08 bits per heavy atom. The molecule has 2 N–H and O–H groups in total. The fraction of sp³-hybridized carbons (Fsp3) is 0.222. The SMILES string of the molecule is Cl.N#CC[C@H](N)c1ccccc1I. The van der Waals surface area contributed by atoms with Gasteiger partial charge in [0.25, 0.3) is 0 Å². The van der Waals surface area contributed by atoms with Gasteiger partial charge in [0.15, 0.2) is 0 Å². The van der Waals surface area contributed by atoms with Gasteiger partial charge in [0, 0.05) is 9.61 Å². The van der Waals surface area contributed by atoms with Crippen molar-refractivity contribution in [1.29, 1.82) is 5.26 Å². The van der Waals surface area contributed by atoms with Gasteiger partial charge in [0.05, 0.1) is 12.5 Å². The molecule has 1 atom stereocenters. The van der Waals surface area contributed by atoms with E-state index in [1.807, 2.05) is 24.3 Å². The summed E-state index contributed by atoms with van der Waals surface area (Å²) in [6, 6.07) is 9.77. The highest BCUT2D eigenvalue weighted by atomic mass is 127. The third-order valence-corrected chi connectivity index (χ3v) is 2.60. The van der Waals surface area contributed by atoms with Gasteiger partial charge in [-0.1, -0.05) is 18.2 Å². The molecule has 2 nitrogen and oxygen atoms in total. The van der Waals surface area contributed by atoms with E-state index in [2.05, 4.69) is 28.7 Å². The molecule has 0 bridgehead atoms. The molecule has 0 unspecified atom stereocenters. The summed E-state index contributed by atoms with van der Waals surface area (Å²) in [4.78, 5) is 0. The van der Waals surface area contributed by atoms with Crippen LogP contribution >= 0.6 is 35.0 Å².